The van der Waals surface area contributed by atoms with Crippen LogP contribution in [0.15, 0.2) is 36.5 Å². The Labute approximate surface area is 397 Å². The Morgan fingerprint density at radius 3 is 1.30 bits per heavy atom. The number of amides is 1. The molecule has 3 atom stereocenters. The molecular formula is C55H107N2O6P. The maximum Gasteiger partial charge on any atom is 0.268 e. The van der Waals surface area contributed by atoms with Crippen molar-refractivity contribution >= 4 is 13.7 Å². The van der Waals surface area contributed by atoms with Crippen LogP contribution in [0.5, 0.6) is 0 Å². The molecule has 0 heterocycles. The van der Waals surface area contributed by atoms with Crippen LogP contribution >= 0.6 is 7.82 Å². The fourth-order valence-corrected chi connectivity index (χ4v) is 8.73. The van der Waals surface area contributed by atoms with E-state index in [0.29, 0.717) is 17.4 Å². The average Bonchev–Trinajstić information content (AvgIpc) is 3.25. The molecule has 0 spiro atoms. The lowest BCUT2D eigenvalue weighted by molar-refractivity contribution is -0.870. The molecule has 9 heteroatoms. The van der Waals surface area contributed by atoms with Crippen LogP contribution in [0.4, 0.5) is 0 Å². The van der Waals surface area contributed by atoms with Crippen molar-refractivity contribution in [3.8, 4) is 0 Å². The molecule has 2 N–H and O–H groups in total. The molecule has 0 rings (SSSR count). The first-order chi connectivity index (χ1) is 31.0. The zero-order chi connectivity index (χ0) is 47.1. The van der Waals surface area contributed by atoms with E-state index in [1.807, 2.05) is 27.2 Å². The number of likely N-dealkylation sites (N-methyl/N-ethyl adjacent to an activating group) is 1. The quantitative estimate of drug-likeness (QED) is 0.0272. The van der Waals surface area contributed by atoms with Gasteiger partial charge in [-0.1, -0.05) is 237 Å². The third kappa shape index (κ3) is 48.6. The van der Waals surface area contributed by atoms with Gasteiger partial charge in [-0.2, -0.15) is 0 Å². The first-order valence-corrected chi connectivity index (χ1v) is 28.8. The number of hydrogen-bond donors (Lipinski definition) is 2. The van der Waals surface area contributed by atoms with Gasteiger partial charge in [-0.3, -0.25) is 9.36 Å². The molecule has 0 aliphatic heterocycles. The summed E-state index contributed by atoms with van der Waals surface area (Å²) < 4.78 is 23.3. The van der Waals surface area contributed by atoms with Crippen LogP contribution in [0.1, 0.15) is 258 Å². The summed E-state index contributed by atoms with van der Waals surface area (Å²) in [7, 11) is 1.26. The molecule has 0 aliphatic rings. The van der Waals surface area contributed by atoms with Gasteiger partial charge in [0.05, 0.1) is 39.9 Å². The highest BCUT2D eigenvalue weighted by molar-refractivity contribution is 7.45. The van der Waals surface area contributed by atoms with Gasteiger partial charge in [0.25, 0.3) is 7.82 Å². The lowest BCUT2D eigenvalue weighted by Crippen LogP contribution is -2.45. The van der Waals surface area contributed by atoms with E-state index in [2.05, 4.69) is 43.5 Å². The average molecular weight is 923 g/mol. The van der Waals surface area contributed by atoms with E-state index >= 15 is 0 Å². The van der Waals surface area contributed by atoms with Crippen molar-refractivity contribution in [2.24, 2.45) is 0 Å². The van der Waals surface area contributed by atoms with Crippen LogP contribution in [0.25, 0.3) is 0 Å². The van der Waals surface area contributed by atoms with Gasteiger partial charge < -0.3 is 28.8 Å². The lowest BCUT2D eigenvalue weighted by atomic mass is 10.0. The highest BCUT2D eigenvalue weighted by atomic mass is 31.2. The highest BCUT2D eigenvalue weighted by Crippen LogP contribution is 2.38. The maximum atomic E-state index is 12.9. The van der Waals surface area contributed by atoms with E-state index in [1.54, 1.807) is 6.08 Å². The molecule has 0 aromatic heterocycles. The molecule has 0 aromatic carbocycles. The van der Waals surface area contributed by atoms with Crippen molar-refractivity contribution in [3.63, 3.8) is 0 Å². The van der Waals surface area contributed by atoms with Gasteiger partial charge in [0, 0.05) is 6.42 Å². The Bertz CT molecular complexity index is 1140. The highest BCUT2D eigenvalue weighted by Gasteiger charge is 2.23. The molecule has 0 radical (unpaired) electrons. The number of phosphoric acid groups is 1. The number of aliphatic hydroxyl groups excluding tert-OH is 1. The lowest BCUT2D eigenvalue weighted by Gasteiger charge is -2.29. The second-order valence-corrected chi connectivity index (χ2v) is 21.3. The van der Waals surface area contributed by atoms with Crippen molar-refractivity contribution in [3.05, 3.63) is 36.5 Å². The smallest absolute Gasteiger partial charge is 0.268 e. The van der Waals surface area contributed by atoms with Crippen LogP contribution in [-0.2, 0) is 18.4 Å². The molecule has 0 bridgehead atoms. The molecule has 0 saturated heterocycles. The maximum absolute atomic E-state index is 12.9. The first-order valence-electron chi connectivity index (χ1n) is 27.4. The SMILES string of the molecule is CCCCCCCCCCC/C=C\C/C=C\CCCCCCCCCC(=O)NC(COP(=O)([O-])OCC[N+](C)(C)C)C(O)/C=C/CCCCCCCCCCCCCCCCCCC. The minimum Gasteiger partial charge on any atom is -0.756 e. The minimum atomic E-state index is -4.60. The largest absolute Gasteiger partial charge is 0.756 e. The number of rotatable bonds is 50. The number of nitrogens with zero attached hydrogens (tertiary/aromatic N) is 1. The monoisotopic (exact) mass is 923 g/mol. The van der Waals surface area contributed by atoms with Gasteiger partial charge in [0.2, 0.25) is 5.91 Å². The molecule has 0 aliphatic carbocycles. The number of carbonyl (C=O) groups excluding carboxylic acids is 1. The van der Waals surface area contributed by atoms with Gasteiger partial charge >= 0.3 is 0 Å². The number of aliphatic hydroxyl groups is 1. The summed E-state index contributed by atoms with van der Waals surface area (Å²) in [5.74, 6) is -0.203. The van der Waals surface area contributed by atoms with E-state index in [1.165, 1.54) is 186 Å². The fourth-order valence-electron chi connectivity index (χ4n) is 8.01. The second-order valence-electron chi connectivity index (χ2n) is 19.9. The van der Waals surface area contributed by atoms with Crippen LogP contribution in [0, 0.1) is 0 Å². The summed E-state index contributed by atoms with van der Waals surface area (Å²) in [6, 6.07) is -0.891. The topological polar surface area (TPSA) is 108 Å². The van der Waals surface area contributed by atoms with Gasteiger partial charge in [-0.25, -0.2) is 0 Å². The van der Waals surface area contributed by atoms with E-state index in [-0.39, 0.29) is 19.1 Å². The third-order valence-electron chi connectivity index (χ3n) is 12.3. The predicted octanol–water partition coefficient (Wildman–Crippen LogP) is 15.6. The molecule has 378 valence electrons. The summed E-state index contributed by atoms with van der Waals surface area (Å²) >= 11 is 0. The molecular weight excluding hydrogens is 816 g/mol. The van der Waals surface area contributed by atoms with Gasteiger partial charge in [0.1, 0.15) is 13.2 Å². The number of quaternary nitrogens is 1. The van der Waals surface area contributed by atoms with Crippen LogP contribution in [-0.4, -0.2) is 68.5 Å². The Hall–Kier alpha value is -1.28. The summed E-state index contributed by atoms with van der Waals surface area (Å²) in [5.41, 5.74) is 0. The summed E-state index contributed by atoms with van der Waals surface area (Å²) in [4.78, 5) is 25.5. The van der Waals surface area contributed by atoms with Crippen LogP contribution in [0.3, 0.4) is 0 Å². The van der Waals surface area contributed by atoms with Crippen molar-refractivity contribution < 1.29 is 32.9 Å². The Kier molecular flexibility index (Phi) is 45.9. The number of hydrogen-bond acceptors (Lipinski definition) is 6. The molecule has 3 unspecified atom stereocenters. The summed E-state index contributed by atoms with van der Waals surface area (Å²) in [6.07, 6.45) is 59.2. The number of unbranched alkanes of at least 4 members (excludes halogenated alkanes) is 33. The molecule has 0 saturated carbocycles. The Balaban J connectivity index is 4.28. The normalized spacial score (nSPS) is 14.3. The van der Waals surface area contributed by atoms with Crippen molar-refractivity contribution in [2.75, 3.05) is 40.9 Å². The molecule has 64 heavy (non-hydrogen) atoms. The zero-order valence-corrected chi connectivity index (χ0v) is 43.9. The second kappa shape index (κ2) is 46.8. The van der Waals surface area contributed by atoms with Gasteiger partial charge in [-0.15, -0.1) is 0 Å². The van der Waals surface area contributed by atoms with E-state index in [0.717, 1.165) is 51.4 Å². The zero-order valence-electron chi connectivity index (χ0n) is 43.0. The first kappa shape index (κ1) is 62.7. The summed E-state index contributed by atoms with van der Waals surface area (Å²) in [6.45, 7) is 4.67. The van der Waals surface area contributed by atoms with Crippen LogP contribution in [0.2, 0.25) is 0 Å². The van der Waals surface area contributed by atoms with E-state index < -0.39 is 20.0 Å². The van der Waals surface area contributed by atoms with Crippen LogP contribution < -0.4 is 10.2 Å². The third-order valence-corrected chi connectivity index (χ3v) is 13.3. The Morgan fingerprint density at radius 1 is 0.547 bits per heavy atom. The molecule has 1 amide bonds. The molecule has 0 fully saturated rings. The van der Waals surface area contributed by atoms with Gasteiger partial charge in [0.15, 0.2) is 0 Å². The number of allylic oxidation sites excluding steroid dienone is 5. The molecule has 0 aromatic rings. The number of phosphoric ester groups is 1. The van der Waals surface area contributed by atoms with Crippen molar-refractivity contribution in [1.29, 1.82) is 0 Å². The van der Waals surface area contributed by atoms with Gasteiger partial charge in [-0.05, 0) is 51.4 Å². The number of nitrogens with one attached hydrogen (secondary N) is 1. The minimum absolute atomic E-state index is 0.00246. The molecule has 8 nitrogen and oxygen atoms in total. The Morgan fingerprint density at radius 2 is 0.906 bits per heavy atom. The predicted molar refractivity (Wildman–Crippen MR) is 275 cm³/mol. The van der Waals surface area contributed by atoms with E-state index in [4.69, 9.17) is 9.05 Å². The summed E-state index contributed by atoms with van der Waals surface area (Å²) in [5, 5.41) is 13.9. The van der Waals surface area contributed by atoms with Crippen molar-refractivity contribution in [2.45, 2.75) is 270 Å². The number of carbonyl (C=O) groups is 1. The fraction of sp³-hybridized carbons (Fsp3) is 0.873. The van der Waals surface area contributed by atoms with E-state index in [9.17, 15) is 19.4 Å². The standard InChI is InChI=1S/C55H107N2O6P/c1-6-8-10-12-14-16-18-20-22-24-26-27-28-29-31-33-35-37-39-41-43-45-47-49-55(59)56-53(52-63-64(60,61)62-51-50-57(3,4)5)54(58)48-46-44-42-40-38-36-34-32-30-25-23-21-19-17-15-13-11-9-7-2/h26-27,29,31,46,48,53-54,58H,6-25,28,30,32-45,47,49-52H2,1-5H3,(H-,56,59,60,61)/b27-26-,31-29-,48-46+. The van der Waals surface area contributed by atoms with Crippen molar-refractivity contribution in [1.82, 2.24) is 5.32 Å².